The summed E-state index contributed by atoms with van der Waals surface area (Å²) in [5.74, 6) is 2.96. The fourth-order valence-corrected chi connectivity index (χ4v) is 2.64. The minimum atomic E-state index is -2.03. The fraction of sp³-hybridized carbons (Fsp3) is 0.538. The van der Waals surface area contributed by atoms with E-state index in [9.17, 15) is 28.6 Å². The van der Waals surface area contributed by atoms with Crippen LogP contribution in [0.1, 0.15) is 13.2 Å². The number of nitrogens with one attached hydrogen (secondary N) is 1. The van der Waals surface area contributed by atoms with Crippen LogP contribution in [0.25, 0.3) is 0 Å². The average Bonchev–Trinajstić information content (AvgIpc) is 2.74. The number of halogens is 3. The Balaban J connectivity index is 2.61. The minimum absolute atomic E-state index is 0.539. The van der Waals surface area contributed by atoms with Gasteiger partial charge in [-0.25, -0.2) is 9.18 Å². The largest absolute Gasteiger partial charge is 0.391 e. The maximum absolute atomic E-state index is 13.5. The lowest BCUT2D eigenvalue weighted by molar-refractivity contribution is -0.0775. The molecular formula is C13H13ClF2N2O5. The molecule has 1 saturated heterocycles. The van der Waals surface area contributed by atoms with Gasteiger partial charge in [0.25, 0.3) is 5.56 Å². The standard InChI is InChI=1S/C13H13ClF2N2O5/c1-6(19)8-9(20)13(14,3-2-4-15)11(23-8)18-5-7(16)10(21)17-12(18)22/h5-6,8-9,11,19-20H,4H2,1H3,(H,17,21,22)/t6-,8+,9-,11+,13?/m0/s1. The van der Waals surface area contributed by atoms with Crippen molar-refractivity contribution in [3.63, 3.8) is 0 Å². The summed E-state index contributed by atoms with van der Waals surface area (Å²) in [5.41, 5.74) is -2.31. The highest BCUT2D eigenvalue weighted by Crippen LogP contribution is 2.43. The fourth-order valence-electron chi connectivity index (χ4n) is 2.29. The first kappa shape index (κ1) is 17.6. The van der Waals surface area contributed by atoms with E-state index >= 15 is 0 Å². The molecule has 2 heterocycles. The van der Waals surface area contributed by atoms with Crippen LogP contribution in [0.15, 0.2) is 15.8 Å². The highest BCUT2D eigenvalue weighted by atomic mass is 35.5. The summed E-state index contributed by atoms with van der Waals surface area (Å²) in [6.45, 7) is 0.217. The Labute approximate surface area is 133 Å². The van der Waals surface area contributed by atoms with Gasteiger partial charge in [0.1, 0.15) is 18.9 Å². The summed E-state index contributed by atoms with van der Waals surface area (Å²) in [6, 6.07) is 0. The van der Waals surface area contributed by atoms with Crippen molar-refractivity contribution in [3.8, 4) is 11.8 Å². The molecule has 0 saturated carbocycles. The van der Waals surface area contributed by atoms with Crippen LogP contribution in [0, 0.1) is 17.7 Å². The van der Waals surface area contributed by atoms with Gasteiger partial charge >= 0.3 is 5.69 Å². The van der Waals surface area contributed by atoms with Gasteiger partial charge in [-0.2, -0.15) is 4.39 Å². The molecule has 0 aliphatic carbocycles. The summed E-state index contributed by atoms with van der Waals surface area (Å²) >= 11 is 6.20. The molecule has 0 spiro atoms. The molecule has 1 unspecified atom stereocenters. The summed E-state index contributed by atoms with van der Waals surface area (Å²) in [6.07, 6.45) is -5.08. The number of aromatic nitrogens is 2. The SMILES string of the molecule is C[C@H](O)[C@H]1O[C@@H](n2cc(F)c(=O)[nH]c2=O)C(Cl)(C#CCF)[C@H]1O. The Bertz CT molecular complexity index is 768. The van der Waals surface area contributed by atoms with Crippen molar-refractivity contribution in [2.75, 3.05) is 6.67 Å². The van der Waals surface area contributed by atoms with Gasteiger partial charge in [0.2, 0.25) is 5.82 Å². The van der Waals surface area contributed by atoms with Crippen LogP contribution in [-0.2, 0) is 4.74 Å². The van der Waals surface area contributed by atoms with Crippen LogP contribution in [0.4, 0.5) is 8.78 Å². The van der Waals surface area contributed by atoms with Gasteiger partial charge in [-0.05, 0) is 6.92 Å². The van der Waals surface area contributed by atoms with E-state index in [1.54, 1.807) is 4.98 Å². The first-order valence-corrected chi connectivity index (χ1v) is 6.87. The third-order valence-corrected chi connectivity index (χ3v) is 3.89. The van der Waals surface area contributed by atoms with E-state index in [1.807, 2.05) is 5.92 Å². The number of aliphatic hydroxyl groups is 2. The van der Waals surface area contributed by atoms with E-state index in [0.29, 0.717) is 10.8 Å². The molecule has 126 valence electrons. The smallest absolute Gasteiger partial charge is 0.330 e. The molecule has 0 amide bonds. The van der Waals surface area contributed by atoms with Crippen LogP contribution >= 0.6 is 11.6 Å². The van der Waals surface area contributed by atoms with Crippen LogP contribution in [0.3, 0.4) is 0 Å². The quantitative estimate of drug-likeness (QED) is 0.481. The second kappa shape index (κ2) is 6.41. The predicted molar refractivity (Wildman–Crippen MR) is 75.2 cm³/mol. The van der Waals surface area contributed by atoms with Crippen molar-refractivity contribution < 1.29 is 23.7 Å². The van der Waals surface area contributed by atoms with Gasteiger partial charge in [0, 0.05) is 0 Å². The lowest BCUT2D eigenvalue weighted by Crippen LogP contribution is -2.45. The normalized spacial score (nSPS) is 31.5. The van der Waals surface area contributed by atoms with E-state index in [-0.39, 0.29) is 0 Å². The van der Waals surface area contributed by atoms with Gasteiger partial charge in [-0.1, -0.05) is 23.4 Å². The maximum atomic E-state index is 13.5. The monoisotopic (exact) mass is 350 g/mol. The van der Waals surface area contributed by atoms with E-state index in [4.69, 9.17) is 16.3 Å². The van der Waals surface area contributed by atoms with Crippen LogP contribution in [-0.4, -0.2) is 49.6 Å². The van der Waals surface area contributed by atoms with Crippen molar-refractivity contribution >= 4 is 11.6 Å². The summed E-state index contributed by atoms with van der Waals surface area (Å²) < 4.78 is 31.7. The molecule has 1 fully saturated rings. The number of hydrogen-bond donors (Lipinski definition) is 3. The van der Waals surface area contributed by atoms with Crippen LogP contribution in [0.2, 0.25) is 0 Å². The maximum Gasteiger partial charge on any atom is 0.330 e. The van der Waals surface area contributed by atoms with Gasteiger partial charge in [0.15, 0.2) is 11.1 Å². The zero-order valence-corrected chi connectivity index (χ0v) is 12.6. The zero-order valence-electron chi connectivity index (χ0n) is 11.8. The first-order chi connectivity index (χ1) is 10.7. The number of ether oxygens (including phenoxy) is 1. The Morgan fingerprint density at radius 3 is 2.83 bits per heavy atom. The third kappa shape index (κ3) is 3.03. The summed E-state index contributed by atoms with van der Waals surface area (Å²) in [4.78, 5) is 22.6. The molecule has 1 aromatic rings. The number of aromatic amines is 1. The van der Waals surface area contributed by atoms with Crippen LogP contribution < -0.4 is 11.2 Å². The van der Waals surface area contributed by atoms with E-state index in [1.165, 1.54) is 6.92 Å². The van der Waals surface area contributed by atoms with Crippen molar-refractivity contribution in [2.24, 2.45) is 0 Å². The molecule has 1 aliphatic heterocycles. The molecule has 7 nitrogen and oxygen atoms in total. The van der Waals surface area contributed by atoms with Gasteiger partial charge in [0.05, 0.1) is 12.3 Å². The molecule has 0 bridgehead atoms. The topological polar surface area (TPSA) is 105 Å². The molecule has 1 aromatic heterocycles. The van der Waals surface area contributed by atoms with Crippen molar-refractivity contribution in [2.45, 2.75) is 36.3 Å². The summed E-state index contributed by atoms with van der Waals surface area (Å²) in [7, 11) is 0. The second-order valence-corrected chi connectivity index (χ2v) is 5.61. The predicted octanol–water partition coefficient (Wildman–Crippen LogP) is -0.735. The first-order valence-electron chi connectivity index (χ1n) is 6.49. The number of aliphatic hydroxyl groups excluding tert-OH is 2. The van der Waals surface area contributed by atoms with Gasteiger partial charge < -0.3 is 14.9 Å². The number of nitrogens with zero attached hydrogens (tertiary/aromatic N) is 1. The minimum Gasteiger partial charge on any atom is -0.391 e. The lowest BCUT2D eigenvalue weighted by atomic mass is 9.96. The molecule has 23 heavy (non-hydrogen) atoms. The Hall–Kier alpha value is -1.73. The van der Waals surface area contributed by atoms with Crippen LogP contribution in [0.5, 0.6) is 0 Å². The number of alkyl halides is 2. The van der Waals surface area contributed by atoms with Gasteiger partial charge in [-0.15, -0.1) is 0 Å². The molecule has 10 heteroatoms. The highest BCUT2D eigenvalue weighted by molar-refractivity contribution is 6.27. The molecule has 0 radical (unpaired) electrons. The Kier molecular flexibility index (Phi) is 4.91. The molecule has 3 N–H and O–H groups in total. The molecule has 5 atom stereocenters. The number of H-pyrrole nitrogens is 1. The zero-order chi connectivity index (χ0) is 17.4. The molecule has 0 aromatic carbocycles. The number of rotatable bonds is 2. The summed E-state index contributed by atoms with van der Waals surface area (Å²) in [5, 5.41) is 19.9. The van der Waals surface area contributed by atoms with Crippen molar-refractivity contribution in [1.29, 1.82) is 0 Å². The van der Waals surface area contributed by atoms with E-state index in [0.717, 1.165) is 0 Å². The van der Waals surface area contributed by atoms with Gasteiger partial charge in [-0.3, -0.25) is 14.3 Å². The molecule has 1 aliphatic rings. The van der Waals surface area contributed by atoms with Crippen molar-refractivity contribution in [3.05, 3.63) is 32.9 Å². The van der Waals surface area contributed by atoms with Crippen molar-refractivity contribution in [1.82, 2.24) is 9.55 Å². The molecular weight excluding hydrogens is 338 g/mol. The Morgan fingerprint density at radius 1 is 1.61 bits per heavy atom. The highest BCUT2D eigenvalue weighted by Gasteiger charge is 2.57. The lowest BCUT2D eigenvalue weighted by Gasteiger charge is -2.25. The number of hydrogen-bond acceptors (Lipinski definition) is 5. The Morgan fingerprint density at radius 2 is 2.26 bits per heavy atom. The third-order valence-electron chi connectivity index (χ3n) is 3.39. The van der Waals surface area contributed by atoms with E-state index in [2.05, 4.69) is 5.92 Å². The average molecular weight is 351 g/mol. The second-order valence-electron chi connectivity index (χ2n) is 4.99. The molecule has 2 rings (SSSR count). The van der Waals surface area contributed by atoms with E-state index < -0.39 is 53.2 Å².